The van der Waals surface area contributed by atoms with Gasteiger partial charge in [0.2, 0.25) is 5.91 Å². The van der Waals surface area contributed by atoms with Gasteiger partial charge >= 0.3 is 6.18 Å². The Hall–Kier alpha value is -2.35. The highest BCUT2D eigenvalue weighted by Crippen LogP contribution is 2.24. The number of aromatic nitrogens is 2. The fraction of sp³-hybridized carbons (Fsp3) is 0.444. The zero-order chi connectivity index (χ0) is 18.6. The summed E-state index contributed by atoms with van der Waals surface area (Å²) in [7, 11) is 0. The molecule has 0 radical (unpaired) electrons. The van der Waals surface area contributed by atoms with Crippen molar-refractivity contribution in [2.75, 3.05) is 18.4 Å². The van der Waals surface area contributed by atoms with Crippen LogP contribution in [0, 0.1) is 0 Å². The number of hydrogen-bond acceptors (Lipinski definition) is 3. The molecule has 5 nitrogen and oxygen atoms in total. The van der Waals surface area contributed by atoms with Gasteiger partial charge in [0.1, 0.15) is 0 Å². The molecule has 3 rings (SSSR count). The molecule has 1 aromatic heterocycles. The van der Waals surface area contributed by atoms with Crippen LogP contribution in [0.1, 0.15) is 25.7 Å². The second kappa shape index (κ2) is 7.90. The van der Waals surface area contributed by atoms with Gasteiger partial charge in [0, 0.05) is 24.5 Å². The van der Waals surface area contributed by atoms with Crippen LogP contribution in [-0.4, -0.2) is 45.9 Å². The molecule has 0 bridgehead atoms. The van der Waals surface area contributed by atoms with E-state index in [0.29, 0.717) is 18.7 Å². The maximum absolute atomic E-state index is 12.5. The molecule has 1 amide bonds. The molecule has 2 heterocycles. The summed E-state index contributed by atoms with van der Waals surface area (Å²) in [6.45, 7) is 0.948. The highest BCUT2D eigenvalue weighted by molar-refractivity contribution is 5.95. The van der Waals surface area contributed by atoms with Crippen molar-refractivity contribution in [3.8, 4) is 5.69 Å². The SMILES string of the molecule is O=C(Nc1ccc(-n2cccn2)cc1)[C@H]1CCCN1CCCC(F)(F)F. The van der Waals surface area contributed by atoms with Crippen LogP contribution < -0.4 is 5.32 Å². The van der Waals surface area contributed by atoms with E-state index in [1.165, 1.54) is 0 Å². The van der Waals surface area contributed by atoms with E-state index in [1.54, 1.807) is 23.0 Å². The summed E-state index contributed by atoms with van der Waals surface area (Å²) in [5, 5.41) is 7.00. The van der Waals surface area contributed by atoms with Crippen molar-refractivity contribution in [1.82, 2.24) is 14.7 Å². The molecule has 0 saturated carbocycles. The normalized spacial score (nSPS) is 18.2. The van der Waals surface area contributed by atoms with Gasteiger partial charge in [-0.3, -0.25) is 9.69 Å². The molecule has 1 fully saturated rings. The van der Waals surface area contributed by atoms with E-state index in [4.69, 9.17) is 0 Å². The van der Waals surface area contributed by atoms with Crippen LogP contribution in [0.15, 0.2) is 42.7 Å². The molecule has 0 aliphatic carbocycles. The second-order valence-corrected chi connectivity index (χ2v) is 6.40. The highest BCUT2D eigenvalue weighted by atomic mass is 19.4. The average Bonchev–Trinajstić information content (AvgIpc) is 3.26. The topological polar surface area (TPSA) is 50.2 Å². The molecule has 0 spiro atoms. The Morgan fingerprint density at radius 2 is 2.04 bits per heavy atom. The third-order valence-corrected chi connectivity index (χ3v) is 4.48. The molecular formula is C18H21F3N4O. The Morgan fingerprint density at radius 1 is 1.27 bits per heavy atom. The maximum Gasteiger partial charge on any atom is 0.389 e. The summed E-state index contributed by atoms with van der Waals surface area (Å²) in [5.41, 5.74) is 1.54. The van der Waals surface area contributed by atoms with Crippen molar-refractivity contribution in [3.63, 3.8) is 0 Å². The lowest BCUT2D eigenvalue weighted by Gasteiger charge is -2.23. The molecule has 1 aliphatic heterocycles. The van der Waals surface area contributed by atoms with Gasteiger partial charge in [-0.1, -0.05) is 0 Å². The minimum absolute atomic E-state index is 0.0197. The van der Waals surface area contributed by atoms with Gasteiger partial charge in [-0.25, -0.2) is 4.68 Å². The summed E-state index contributed by atoms with van der Waals surface area (Å²) in [5.74, 6) is -0.165. The first-order valence-electron chi connectivity index (χ1n) is 8.64. The van der Waals surface area contributed by atoms with Crippen LogP contribution in [0.4, 0.5) is 18.9 Å². The van der Waals surface area contributed by atoms with E-state index < -0.39 is 12.6 Å². The maximum atomic E-state index is 12.5. The number of nitrogens with one attached hydrogen (secondary N) is 1. The molecule has 26 heavy (non-hydrogen) atoms. The van der Waals surface area contributed by atoms with Gasteiger partial charge in [0.05, 0.1) is 11.7 Å². The molecule has 1 N–H and O–H groups in total. The summed E-state index contributed by atoms with van der Waals surface area (Å²) >= 11 is 0. The van der Waals surface area contributed by atoms with Crippen molar-refractivity contribution in [2.24, 2.45) is 0 Å². The quantitative estimate of drug-likeness (QED) is 0.850. The lowest BCUT2D eigenvalue weighted by Crippen LogP contribution is -2.40. The van der Waals surface area contributed by atoms with E-state index >= 15 is 0 Å². The van der Waals surface area contributed by atoms with Crippen LogP contribution in [0.2, 0.25) is 0 Å². The van der Waals surface area contributed by atoms with Gasteiger partial charge in [0.15, 0.2) is 0 Å². The first-order valence-corrected chi connectivity index (χ1v) is 8.64. The predicted molar refractivity (Wildman–Crippen MR) is 92.1 cm³/mol. The predicted octanol–water partition coefficient (Wildman–Crippen LogP) is 3.62. The van der Waals surface area contributed by atoms with Crippen LogP contribution in [0.25, 0.3) is 5.69 Å². The van der Waals surface area contributed by atoms with E-state index in [9.17, 15) is 18.0 Å². The van der Waals surface area contributed by atoms with Gasteiger partial charge in [-0.2, -0.15) is 18.3 Å². The Labute approximate surface area is 149 Å². The number of amides is 1. The number of carbonyl (C=O) groups is 1. The Kier molecular flexibility index (Phi) is 5.61. The summed E-state index contributed by atoms with van der Waals surface area (Å²) in [4.78, 5) is 14.4. The monoisotopic (exact) mass is 366 g/mol. The van der Waals surface area contributed by atoms with Gasteiger partial charge in [0.25, 0.3) is 0 Å². The highest BCUT2D eigenvalue weighted by Gasteiger charge is 2.32. The molecule has 2 aromatic rings. The third-order valence-electron chi connectivity index (χ3n) is 4.48. The zero-order valence-corrected chi connectivity index (χ0v) is 14.2. The number of anilines is 1. The lowest BCUT2D eigenvalue weighted by atomic mass is 10.2. The molecule has 1 saturated heterocycles. The lowest BCUT2D eigenvalue weighted by molar-refractivity contribution is -0.136. The summed E-state index contributed by atoms with van der Waals surface area (Å²) in [6, 6.07) is 8.73. The van der Waals surface area contributed by atoms with E-state index in [2.05, 4.69) is 10.4 Å². The Bertz CT molecular complexity index is 713. The number of carbonyl (C=O) groups excluding carboxylic acids is 1. The van der Waals surface area contributed by atoms with Crippen molar-refractivity contribution in [1.29, 1.82) is 0 Å². The van der Waals surface area contributed by atoms with Crippen molar-refractivity contribution >= 4 is 11.6 Å². The van der Waals surface area contributed by atoms with E-state index in [-0.39, 0.29) is 24.9 Å². The summed E-state index contributed by atoms with van der Waals surface area (Å²) < 4.78 is 38.6. The van der Waals surface area contributed by atoms with E-state index in [0.717, 1.165) is 12.1 Å². The smallest absolute Gasteiger partial charge is 0.325 e. The minimum atomic E-state index is -4.15. The van der Waals surface area contributed by atoms with Crippen molar-refractivity contribution < 1.29 is 18.0 Å². The van der Waals surface area contributed by atoms with Crippen molar-refractivity contribution in [2.45, 2.75) is 37.9 Å². The number of nitrogens with zero attached hydrogens (tertiary/aromatic N) is 3. The molecule has 8 heteroatoms. The molecule has 0 unspecified atom stereocenters. The van der Waals surface area contributed by atoms with Gasteiger partial charge in [-0.05, 0) is 62.7 Å². The number of halogens is 3. The fourth-order valence-corrected chi connectivity index (χ4v) is 3.22. The number of benzene rings is 1. The number of rotatable bonds is 6. The standard InChI is InChI=1S/C18H21F3N4O/c19-18(20,21)9-2-12-24-11-1-4-16(24)17(26)23-14-5-7-15(8-6-14)25-13-3-10-22-25/h3,5-8,10,13,16H,1-2,4,9,11-12H2,(H,23,26)/t16-/m1/s1. The third kappa shape index (κ3) is 4.85. The van der Waals surface area contributed by atoms with Crippen LogP contribution in [-0.2, 0) is 4.79 Å². The van der Waals surface area contributed by atoms with E-state index in [1.807, 2.05) is 29.3 Å². The van der Waals surface area contributed by atoms with Gasteiger partial charge in [-0.15, -0.1) is 0 Å². The molecule has 140 valence electrons. The van der Waals surface area contributed by atoms with Crippen LogP contribution >= 0.6 is 0 Å². The number of alkyl halides is 3. The number of likely N-dealkylation sites (tertiary alicyclic amines) is 1. The van der Waals surface area contributed by atoms with Crippen LogP contribution in [0.5, 0.6) is 0 Å². The molecule has 1 aliphatic rings. The summed E-state index contributed by atoms with van der Waals surface area (Å²) in [6.07, 6.45) is 0.0615. The number of hydrogen-bond donors (Lipinski definition) is 1. The molecule has 1 atom stereocenters. The zero-order valence-electron chi connectivity index (χ0n) is 14.2. The molecule has 1 aromatic carbocycles. The fourth-order valence-electron chi connectivity index (χ4n) is 3.22. The second-order valence-electron chi connectivity index (χ2n) is 6.40. The average molecular weight is 366 g/mol. The first-order chi connectivity index (χ1) is 12.4. The van der Waals surface area contributed by atoms with Crippen LogP contribution in [0.3, 0.4) is 0 Å². The van der Waals surface area contributed by atoms with Gasteiger partial charge < -0.3 is 5.32 Å². The molecular weight excluding hydrogens is 345 g/mol. The largest absolute Gasteiger partial charge is 0.389 e. The first kappa shape index (κ1) is 18.4. The Balaban J connectivity index is 1.55. The Morgan fingerprint density at radius 3 is 2.69 bits per heavy atom. The minimum Gasteiger partial charge on any atom is -0.325 e. The van der Waals surface area contributed by atoms with Crippen molar-refractivity contribution in [3.05, 3.63) is 42.7 Å².